The monoisotopic (exact) mass is 380 g/mol. The maximum atomic E-state index is 13.1. The molecule has 0 bridgehead atoms. The lowest BCUT2D eigenvalue weighted by Crippen LogP contribution is -2.38. The summed E-state index contributed by atoms with van der Waals surface area (Å²) in [5.41, 5.74) is 7.55. The number of amides is 1. The Morgan fingerprint density at radius 2 is 1.92 bits per heavy atom. The number of nitrogen functional groups attached to an aromatic ring is 1. The number of hydrogen-bond acceptors (Lipinski definition) is 3. The smallest absolute Gasteiger partial charge is 0.235 e. The molecule has 1 saturated carbocycles. The largest absolute Gasteiger partial charge is 0.495 e. The van der Waals surface area contributed by atoms with Crippen LogP contribution < -0.4 is 15.8 Å². The van der Waals surface area contributed by atoms with Gasteiger partial charge in [-0.2, -0.15) is 0 Å². The number of nitrogens with two attached hydrogens (primary N) is 1. The molecule has 0 atom stereocenters. The van der Waals surface area contributed by atoms with E-state index in [-0.39, 0.29) is 18.3 Å². The van der Waals surface area contributed by atoms with E-state index >= 15 is 0 Å². The highest BCUT2D eigenvalue weighted by molar-refractivity contribution is 6.30. The molecule has 2 aromatic rings. The van der Waals surface area contributed by atoms with Crippen molar-refractivity contribution in [3.63, 3.8) is 0 Å². The van der Waals surface area contributed by atoms with E-state index in [1.807, 2.05) is 24.3 Å². The van der Waals surface area contributed by atoms with Crippen LogP contribution in [0.4, 0.5) is 11.4 Å². The molecule has 3 N–H and O–H groups in total. The first-order chi connectivity index (χ1) is 11.5. The van der Waals surface area contributed by atoms with Crippen molar-refractivity contribution in [2.45, 2.75) is 31.1 Å². The van der Waals surface area contributed by atoms with Crippen molar-refractivity contribution >= 4 is 41.3 Å². The Labute approximate surface area is 159 Å². The average molecular weight is 381 g/mol. The molecule has 1 fully saturated rings. The fourth-order valence-electron chi connectivity index (χ4n) is 3.47. The van der Waals surface area contributed by atoms with Crippen LogP contribution in [0.15, 0.2) is 42.5 Å². The van der Waals surface area contributed by atoms with Crippen molar-refractivity contribution in [3.8, 4) is 5.75 Å². The Morgan fingerprint density at radius 3 is 2.52 bits per heavy atom. The Balaban J connectivity index is 0.00000225. The molecule has 1 amide bonds. The Hall–Kier alpha value is -1.91. The maximum Gasteiger partial charge on any atom is 0.235 e. The van der Waals surface area contributed by atoms with E-state index in [4.69, 9.17) is 22.1 Å². The topological polar surface area (TPSA) is 64.3 Å². The van der Waals surface area contributed by atoms with Gasteiger partial charge in [-0.05, 0) is 48.7 Å². The summed E-state index contributed by atoms with van der Waals surface area (Å²) in [6.07, 6.45) is 3.71. The van der Waals surface area contributed by atoms with E-state index < -0.39 is 5.41 Å². The van der Waals surface area contributed by atoms with Gasteiger partial charge in [-0.1, -0.05) is 36.6 Å². The first-order valence-electron chi connectivity index (χ1n) is 8.06. The fourth-order valence-corrected chi connectivity index (χ4v) is 3.66. The standard InChI is InChI=1S/C19H21ClN2O2.ClH/c1-24-17-8-7-15(12-16(17)21)22-18(23)19(9-2-3-10-19)13-5-4-6-14(20)11-13;/h4-8,11-12H,2-3,9-10,21H2,1H3,(H,22,23);1H. The normalized spacial score (nSPS) is 15.3. The summed E-state index contributed by atoms with van der Waals surface area (Å²) in [5.74, 6) is 0.588. The minimum atomic E-state index is -0.528. The van der Waals surface area contributed by atoms with Crippen LogP contribution >= 0.6 is 24.0 Å². The Bertz CT molecular complexity index is 759. The minimum Gasteiger partial charge on any atom is -0.495 e. The van der Waals surface area contributed by atoms with E-state index in [0.717, 1.165) is 31.2 Å². The SMILES string of the molecule is COc1ccc(NC(=O)C2(c3cccc(Cl)c3)CCCC2)cc1N.Cl. The number of hydrogen-bond donors (Lipinski definition) is 2. The molecule has 1 aliphatic carbocycles. The van der Waals surface area contributed by atoms with E-state index in [1.165, 1.54) is 0 Å². The van der Waals surface area contributed by atoms with Gasteiger partial charge in [0, 0.05) is 10.7 Å². The number of nitrogens with one attached hydrogen (secondary N) is 1. The summed E-state index contributed by atoms with van der Waals surface area (Å²) in [7, 11) is 1.57. The van der Waals surface area contributed by atoms with E-state index in [9.17, 15) is 4.79 Å². The molecular formula is C19H22Cl2N2O2. The third-order valence-electron chi connectivity index (χ3n) is 4.76. The van der Waals surface area contributed by atoms with Crippen LogP contribution in [0.2, 0.25) is 5.02 Å². The quantitative estimate of drug-likeness (QED) is 0.748. The predicted molar refractivity (Wildman–Crippen MR) is 105 cm³/mol. The summed E-state index contributed by atoms with van der Waals surface area (Å²) >= 11 is 6.14. The third kappa shape index (κ3) is 3.86. The molecular weight excluding hydrogens is 359 g/mol. The van der Waals surface area contributed by atoms with Crippen molar-refractivity contribution in [2.24, 2.45) is 0 Å². The van der Waals surface area contributed by atoms with Crippen LogP contribution in [0.3, 0.4) is 0 Å². The van der Waals surface area contributed by atoms with Crippen LogP contribution in [-0.4, -0.2) is 13.0 Å². The first kappa shape index (κ1) is 19.4. The molecule has 6 heteroatoms. The van der Waals surface area contributed by atoms with Crippen molar-refractivity contribution in [1.29, 1.82) is 0 Å². The van der Waals surface area contributed by atoms with Crippen LogP contribution in [-0.2, 0) is 10.2 Å². The molecule has 134 valence electrons. The number of rotatable bonds is 4. The van der Waals surface area contributed by atoms with Gasteiger partial charge in [0.1, 0.15) is 5.75 Å². The van der Waals surface area contributed by atoms with Crippen LogP contribution in [0.1, 0.15) is 31.2 Å². The molecule has 0 spiro atoms. The van der Waals surface area contributed by atoms with Gasteiger partial charge in [0.2, 0.25) is 5.91 Å². The average Bonchev–Trinajstić information content (AvgIpc) is 3.06. The minimum absolute atomic E-state index is 0. The van der Waals surface area contributed by atoms with E-state index in [1.54, 1.807) is 25.3 Å². The molecule has 2 aromatic carbocycles. The summed E-state index contributed by atoms with van der Waals surface area (Å²) in [4.78, 5) is 13.1. The van der Waals surface area contributed by atoms with Gasteiger partial charge < -0.3 is 15.8 Å². The van der Waals surface area contributed by atoms with Crippen LogP contribution in [0.25, 0.3) is 0 Å². The molecule has 25 heavy (non-hydrogen) atoms. The van der Waals surface area contributed by atoms with Gasteiger partial charge >= 0.3 is 0 Å². The number of anilines is 2. The van der Waals surface area contributed by atoms with Gasteiger partial charge in [-0.3, -0.25) is 4.79 Å². The molecule has 4 nitrogen and oxygen atoms in total. The van der Waals surface area contributed by atoms with Gasteiger partial charge in [0.05, 0.1) is 18.2 Å². The second kappa shape index (κ2) is 7.98. The lowest BCUT2D eigenvalue weighted by atomic mass is 9.78. The fraction of sp³-hybridized carbons (Fsp3) is 0.316. The molecule has 0 saturated heterocycles. The lowest BCUT2D eigenvalue weighted by Gasteiger charge is -2.28. The summed E-state index contributed by atoms with van der Waals surface area (Å²) < 4.78 is 5.15. The first-order valence-corrected chi connectivity index (χ1v) is 8.44. The number of ether oxygens (including phenoxy) is 1. The molecule has 0 unspecified atom stereocenters. The van der Waals surface area contributed by atoms with Crippen molar-refractivity contribution in [2.75, 3.05) is 18.2 Å². The highest BCUT2D eigenvalue weighted by atomic mass is 35.5. The van der Waals surface area contributed by atoms with Crippen LogP contribution in [0.5, 0.6) is 5.75 Å². The Kier molecular flexibility index (Phi) is 6.20. The number of carbonyl (C=O) groups is 1. The molecule has 0 aliphatic heterocycles. The van der Waals surface area contributed by atoms with Crippen molar-refractivity contribution in [1.82, 2.24) is 0 Å². The zero-order chi connectivity index (χ0) is 17.2. The molecule has 0 radical (unpaired) electrons. The molecule has 3 rings (SSSR count). The van der Waals surface area contributed by atoms with Gasteiger partial charge in [-0.25, -0.2) is 0 Å². The number of methoxy groups -OCH3 is 1. The lowest BCUT2D eigenvalue weighted by molar-refractivity contribution is -0.121. The summed E-state index contributed by atoms with van der Waals surface area (Å²) in [6.45, 7) is 0. The highest BCUT2D eigenvalue weighted by Crippen LogP contribution is 2.42. The highest BCUT2D eigenvalue weighted by Gasteiger charge is 2.42. The van der Waals surface area contributed by atoms with E-state index in [2.05, 4.69) is 5.32 Å². The second-order valence-corrected chi connectivity index (χ2v) is 6.65. The third-order valence-corrected chi connectivity index (χ3v) is 4.99. The molecule has 1 aliphatic rings. The number of carbonyl (C=O) groups excluding carboxylic acids is 1. The van der Waals surface area contributed by atoms with Crippen LogP contribution in [0, 0.1) is 0 Å². The number of benzene rings is 2. The summed E-state index contributed by atoms with van der Waals surface area (Å²) in [6, 6.07) is 12.9. The zero-order valence-electron chi connectivity index (χ0n) is 14.0. The predicted octanol–water partition coefficient (Wildman–Crippen LogP) is 4.80. The van der Waals surface area contributed by atoms with Gasteiger partial charge in [-0.15, -0.1) is 12.4 Å². The van der Waals surface area contributed by atoms with Gasteiger partial charge in [0.15, 0.2) is 0 Å². The number of halogens is 2. The summed E-state index contributed by atoms with van der Waals surface area (Å²) in [5, 5.41) is 3.67. The van der Waals surface area contributed by atoms with Crippen molar-refractivity contribution in [3.05, 3.63) is 53.1 Å². The van der Waals surface area contributed by atoms with E-state index in [0.29, 0.717) is 22.1 Å². The van der Waals surface area contributed by atoms with Gasteiger partial charge in [0.25, 0.3) is 0 Å². The second-order valence-electron chi connectivity index (χ2n) is 6.21. The molecule has 0 heterocycles. The zero-order valence-corrected chi connectivity index (χ0v) is 15.6. The maximum absolute atomic E-state index is 13.1. The van der Waals surface area contributed by atoms with Crippen molar-refractivity contribution < 1.29 is 9.53 Å². The Morgan fingerprint density at radius 1 is 1.20 bits per heavy atom. The molecule has 0 aromatic heterocycles.